The van der Waals surface area contributed by atoms with E-state index in [1.54, 1.807) is 13.8 Å². The number of hydrogen-bond donors (Lipinski definition) is 4. The van der Waals surface area contributed by atoms with Gasteiger partial charge in [-0.25, -0.2) is 0 Å². The predicted octanol–water partition coefficient (Wildman–Crippen LogP) is 4.70. The number of nitrogens with two attached hydrogens (primary N) is 2. The molecule has 0 fully saturated rings. The summed E-state index contributed by atoms with van der Waals surface area (Å²) < 4.78 is 0. The number of unbranched alkanes of at least 4 members (excludes halogenated alkanes) is 16. The average Bonchev–Trinajstić information content (AvgIpc) is 2.95. The molecule has 9 heteroatoms. The summed E-state index contributed by atoms with van der Waals surface area (Å²) in [6.45, 7) is 7.60. The fraction of sp³-hybridized carbons (Fsp3) is 0.875. The minimum absolute atomic E-state index is 0. The SMILES string of the molecule is CCC(=O)O.CCC(=O)O.CCCCCCCCCCCC(=O)C(N)(CN)C(=O)CCCCCCCCCCC.[H-].[Na+]. The quantitative estimate of drug-likeness (QED) is 0.0670. The number of carboxylic acids is 2. The number of rotatable bonds is 25. The third-order valence-electron chi connectivity index (χ3n) is 6.94. The Morgan fingerprint density at radius 1 is 0.537 bits per heavy atom. The second kappa shape index (κ2) is 35.4. The number of carboxylic acid groups (broad SMARTS) is 2. The molecule has 41 heavy (non-hydrogen) atoms. The van der Waals surface area contributed by atoms with Crippen LogP contribution in [0.15, 0.2) is 0 Å². The molecule has 0 heterocycles. The van der Waals surface area contributed by atoms with Crippen molar-refractivity contribution in [3.8, 4) is 0 Å². The summed E-state index contributed by atoms with van der Waals surface area (Å²) in [5, 5.41) is 15.4. The van der Waals surface area contributed by atoms with E-state index in [4.69, 9.17) is 21.7 Å². The molecule has 0 aliphatic rings. The molecule has 0 saturated heterocycles. The van der Waals surface area contributed by atoms with Gasteiger partial charge in [0.05, 0.1) is 0 Å². The van der Waals surface area contributed by atoms with Crippen LogP contribution >= 0.6 is 0 Å². The Morgan fingerprint density at radius 2 is 0.756 bits per heavy atom. The zero-order valence-corrected chi connectivity index (χ0v) is 29.4. The predicted molar refractivity (Wildman–Crippen MR) is 167 cm³/mol. The fourth-order valence-corrected chi connectivity index (χ4v) is 4.02. The van der Waals surface area contributed by atoms with Gasteiger partial charge in [-0.2, -0.15) is 0 Å². The van der Waals surface area contributed by atoms with Crippen molar-refractivity contribution in [2.24, 2.45) is 11.5 Å². The topological polar surface area (TPSA) is 161 Å². The normalized spacial score (nSPS) is 10.4. The number of hydrogen-bond acceptors (Lipinski definition) is 6. The monoisotopic (exact) mass is 596 g/mol. The Bertz CT molecular complexity index is 590. The number of ketones is 2. The molecule has 0 rings (SSSR count). The van der Waals surface area contributed by atoms with Crippen LogP contribution in [-0.2, 0) is 19.2 Å². The smallest absolute Gasteiger partial charge is 1.00 e. The first-order valence-electron chi connectivity index (χ1n) is 16.1. The van der Waals surface area contributed by atoms with E-state index in [1.165, 1.54) is 77.0 Å². The van der Waals surface area contributed by atoms with Crippen molar-refractivity contribution in [2.45, 2.75) is 174 Å². The Hall–Kier alpha value is -0.800. The molecule has 0 aromatic rings. The molecular weight excluding hydrogens is 531 g/mol. The third-order valence-corrected chi connectivity index (χ3v) is 6.94. The van der Waals surface area contributed by atoms with Crippen LogP contribution < -0.4 is 41.0 Å². The van der Waals surface area contributed by atoms with Gasteiger partial charge in [0.15, 0.2) is 11.6 Å². The van der Waals surface area contributed by atoms with E-state index in [0.29, 0.717) is 12.8 Å². The Labute approximate surface area is 275 Å². The van der Waals surface area contributed by atoms with Crippen molar-refractivity contribution in [2.75, 3.05) is 6.54 Å². The summed E-state index contributed by atoms with van der Waals surface area (Å²) in [5.41, 5.74) is 10.5. The summed E-state index contributed by atoms with van der Waals surface area (Å²) in [6.07, 6.45) is 22.8. The molecular formula is C32H65N2NaO6. The van der Waals surface area contributed by atoms with E-state index >= 15 is 0 Å². The molecule has 0 aromatic carbocycles. The fourth-order valence-electron chi connectivity index (χ4n) is 4.02. The molecule has 240 valence electrons. The van der Waals surface area contributed by atoms with Gasteiger partial charge in [-0.1, -0.05) is 130 Å². The minimum atomic E-state index is -1.46. The summed E-state index contributed by atoms with van der Waals surface area (Å²) in [5.74, 6) is -1.81. The van der Waals surface area contributed by atoms with Crippen molar-refractivity contribution < 1.29 is 60.4 Å². The van der Waals surface area contributed by atoms with Gasteiger partial charge in [-0.05, 0) is 12.8 Å². The molecule has 0 radical (unpaired) electrons. The molecule has 0 aliphatic heterocycles. The van der Waals surface area contributed by atoms with Gasteiger partial charge in [0.2, 0.25) is 0 Å². The van der Waals surface area contributed by atoms with Crippen molar-refractivity contribution >= 4 is 23.5 Å². The number of carbonyl (C=O) groups excluding carboxylic acids is 2. The third kappa shape index (κ3) is 33.6. The Balaban J connectivity index is -0.000000325. The molecule has 0 aliphatic carbocycles. The summed E-state index contributed by atoms with van der Waals surface area (Å²) in [6, 6.07) is 0. The molecule has 0 amide bonds. The standard InChI is InChI=1S/C26H52N2O2.2C3H6O2.Na.H/c1-3-5-7-9-11-13-15-17-19-21-24(29)26(28,23-27)25(30)22-20-18-16-14-12-10-8-6-4-2;2*1-2-3(4)5;;/h3-23,27-28H2,1-2H3;2*2H2,1H3,(H,4,5);;/q;;;+1;-1. The maximum absolute atomic E-state index is 12.6. The van der Waals surface area contributed by atoms with Gasteiger partial charge in [0.1, 0.15) is 5.54 Å². The van der Waals surface area contributed by atoms with E-state index in [0.717, 1.165) is 38.5 Å². The van der Waals surface area contributed by atoms with Gasteiger partial charge in [-0.15, -0.1) is 0 Å². The van der Waals surface area contributed by atoms with Crippen LogP contribution in [0.5, 0.6) is 0 Å². The number of Topliss-reactive ketones (excluding diaryl/α,β-unsaturated/α-hetero) is 2. The van der Waals surface area contributed by atoms with Crippen molar-refractivity contribution in [3.05, 3.63) is 0 Å². The van der Waals surface area contributed by atoms with Gasteiger partial charge < -0.3 is 23.1 Å². The molecule has 0 unspecified atom stereocenters. The van der Waals surface area contributed by atoms with E-state index in [9.17, 15) is 19.2 Å². The average molecular weight is 597 g/mol. The largest absolute Gasteiger partial charge is 1.00 e. The molecule has 8 nitrogen and oxygen atoms in total. The summed E-state index contributed by atoms with van der Waals surface area (Å²) in [7, 11) is 0. The Kier molecular flexibility index (Phi) is 40.7. The van der Waals surface area contributed by atoms with Crippen LogP contribution in [-0.4, -0.2) is 45.8 Å². The van der Waals surface area contributed by atoms with Gasteiger partial charge in [0.25, 0.3) is 0 Å². The van der Waals surface area contributed by atoms with E-state index < -0.39 is 17.5 Å². The Morgan fingerprint density at radius 3 is 0.951 bits per heavy atom. The van der Waals surface area contributed by atoms with Crippen LogP contribution in [0.3, 0.4) is 0 Å². The maximum Gasteiger partial charge on any atom is 1.00 e. The molecule has 0 atom stereocenters. The van der Waals surface area contributed by atoms with Crippen LogP contribution in [0, 0.1) is 0 Å². The molecule has 0 aromatic heterocycles. The first kappa shape index (κ1) is 47.1. The molecule has 6 N–H and O–H groups in total. The van der Waals surface area contributed by atoms with Crippen molar-refractivity contribution in [3.63, 3.8) is 0 Å². The zero-order valence-electron chi connectivity index (χ0n) is 28.4. The van der Waals surface area contributed by atoms with Crippen LogP contribution in [0.25, 0.3) is 0 Å². The van der Waals surface area contributed by atoms with Gasteiger partial charge >= 0.3 is 41.5 Å². The van der Waals surface area contributed by atoms with Crippen LogP contribution in [0.2, 0.25) is 0 Å². The second-order valence-corrected chi connectivity index (χ2v) is 10.7. The van der Waals surface area contributed by atoms with E-state index in [-0.39, 0.29) is 61.9 Å². The van der Waals surface area contributed by atoms with Crippen LogP contribution in [0.4, 0.5) is 0 Å². The van der Waals surface area contributed by atoms with Crippen molar-refractivity contribution in [1.82, 2.24) is 0 Å². The number of aliphatic carboxylic acids is 2. The molecule has 0 saturated carbocycles. The molecule has 0 bridgehead atoms. The summed E-state index contributed by atoms with van der Waals surface area (Å²) in [4.78, 5) is 43.9. The molecule has 0 spiro atoms. The minimum Gasteiger partial charge on any atom is -1.00 e. The summed E-state index contributed by atoms with van der Waals surface area (Å²) >= 11 is 0. The zero-order chi connectivity index (χ0) is 31.1. The maximum atomic E-state index is 12.6. The number of carbonyl (C=O) groups is 4. The van der Waals surface area contributed by atoms with Crippen molar-refractivity contribution in [1.29, 1.82) is 0 Å². The first-order chi connectivity index (χ1) is 19.1. The second-order valence-electron chi connectivity index (χ2n) is 10.7. The first-order valence-corrected chi connectivity index (χ1v) is 16.1. The van der Waals surface area contributed by atoms with E-state index in [1.807, 2.05) is 0 Å². The van der Waals surface area contributed by atoms with Crippen LogP contribution in [0.1, 0.15) is 170 Å². The van der Waals surface area contributed by atoms with Gasteiger partial charge in [0, 0.05) is 32.2 Å². The van der Waals surface area contributed by atoms with E-state index in [2.05, 4.69) is 13.8 Å². The van der Waals surface area contributed by atoms with Gasteiger partial charge in [-0.3, -0.25) is 19.2 Å².